The quantitative estimate of drug-likeness (QED) is 0.862. The molecule has 8 heteroatoms. The lowest BCUT2D eigenvalue weighted by atomic mass is 10.2. The molecule has 0 radical (unpaired) electrons. The molecular weight excluding hydrogens is 305 g/mol. The summed E-state index contributed by atoms with van der Waals surface area (Å²) in [6.45, 7) is 5.86. The average molecular weight is 322 g/mol. The van der Waals surface area contributed by atoms with Gasteiger partial charge < -0.3 is 19.3 Å². The molecule has 20 heavy (non-hydrogen) atoms. The predicted octanol–water partition coefficient (Wildman–Crippen LogP) is 2.34. The molecule has 1 aromatic rings. The fraction of sp³-hybridized carbons (Fsp3) is 0.667. The Morgan fingerprint density at radius 3 is 2.60 bits per heavy atom. The maximum absolute atomic E-state index is 12.0. The van der Waals surface area contributed by atoms with Gasteiger partial charge in [0.1, 0.15) is 10.8 Å². The second kappa shape index (κ2) is 5.42. The largest absolute Gasteiger partial charge is 0.444 e. The number of imidazole rings is 1. The van der Waals surface area contributed by atoms with Gasteiger partial charge in [0.2, 0.25) is 0 Å². The van der Waals surface area contributed by atoms with E-state index in [9.17, 15) is 9.90 Å². The van der Waals surface area contributed by atoms with Crippen LogP contribution in [0.3, 0.4) is 0 Å². The van der Waals surface area contributed by atoms with Crippen molar-refractivity contribution in [2.75, 3.05) is 13.1 Å². The Morgan fingerprint density at radius 2 is 2.10 bits per heavy atom. The van der Waals surface area contributed by atoms with Crippen LogP contribution >= 0.6 is 23.2 Å². The van der Waals surface area contributed by atoms with Crippen molar-refractivity contribution in [1.29, 1.82) is 0 Å². The van der Waals surface area contributed by atoms with Gasteiger partial charge in [-0.1, -0.05) is 23.2 Å². The number of β-amino-alcohol motifs (C(OH)–C–C–N with tert-alkyl or cyclic N) is 1. The lowest BCUT2D eigenvalue weighted by Crippen LogP contribution is -2.35. The van der Waals surface area contributed by atoms with Crippen molar-refractivity contribution >= 4 is 29.3 Å². The van der Waals surface area contributed by atoms with Gasteiger partial charge in [-0.2, -0.15) is 0 Å². The zero-order valence-corrected chi connectivity index (χ0v) is 13.0. The molecule has 1 saturated heterocycles. The van der Waals surface area contributed by atoms with Crippen molar-refractivity contribution in [2.45, 2.75) is 38.5 Å². The Labute approximate surface area is 127 Å². The third-order valence-corrected chi connectivity index (χ3v) is 3.71. The third-order valence-electron chi connectivity index (χ3n) is 2.96. The highest BCUT2D eigenvalue weighted by atomic mass is 35.5. The minimum absolute atomic E-state index is 0.176. The molecule has 112 valence electrons. The van der Waals surface area contributed by atoms with E-state index in [1.807, 2.05) is 0 Å². The molecule has 1 unspecified atom stereocenters. The standard InChI is InChI=1S/C12H17Cl2N3O3/c1-12(2,3)20-11(19)16-4-7(8(18)5-16)17-6-15-9(13)10(17)14/h6-8,18H,4-5H2,1-3H3/t7?,8-/m1/s1. The van der Waals surface area contributed by atoms with Gasteiger partial charge in [0, 0.05) is 6.54 Å². The number of rotatable bonds is 1. The van der Waals surface area contributed by atoms with Gasteiger partial charge in [-0.3, -0.25) is 0 Å². The Hall–Kier alpha value is -0.980. The summed E-state index contributed by atoms with van der Waals surface area (Å²) in [6, 6.07) is -0.380. The molecule has 2 heterocycles. The summed E-state index contributed by atoms with van der Waals surface area (Å²) in [5.41, 5.74) is -0.573. The first kappa shape index (κ1) is 15.4. The number of likely N-dealkylation sites (tertiary alicyclic amines) is 1. The molecule has 1 aliphatic heterocycles. The number of carbonyl (C=O) groups excluding carboxylic acids is 1. The highest BCUT2D eigenvalue weighted by molar-refractivity contribution is 6.40. The molecule has 0 saturated carbocycles. The zero-order chi connectivity index (χ0) is 15.1. The van der Waals surface area contributed by atoms with E-state index in [0.717, 1.165) is 0 Å². The van der Waals surface area contributed by atoms with Crippen LogP contribution in [0.1, 0.15) is 26.8 Å². The van der Waals surface area contributed by atoms with Gasteiger partial charge in [0.05, 0.1) is 25.0 Å². The molecule has 0 aliphatic carbocycles. The molecule has 2 atom stereocenters. The second-order valence-corrected chi connectivity index (χ2v) is 6.47. The van der Waals surface area contributed by atoms with Crippen LogP contribution in [0, 0.1) is 0 Å². The average Bonchev–Trinajstić information content (AvgIpc) is 2.82. The minimum atomic E-state index is -0.745. The van der Waals surface area contributed by atoms with Crippen LogP contribution in [0.25, 0.3) is 0 Å². The van der Waals surface area contributed by atoms with Crippen molar-refractivity contribution in [3.8, 4) is 0 Å². The molecule has 1 aromatic heterocycles. The number of ether oxygens (including phenoxy) is 1. The van der Waals surface area contributed by atoms with E-state index < -0.39 is 17.8 Å². The molecule has 0 aromatic carbocycles. The lowest BCUT2D eigenvalue weighted by molar-refractivity contribution is 0.0270. The Morgan fingerprint density at radius 1 is 1.45 bits per heavy atom. The highest BCUT2D eigenvalue weighted by Crippen LogP contribution is 2.30. The lowest BCUT2D eigenvalue weighted by Gasteiger charge is -2.24. The second-order valence-electron chi connectivity index (χ2n) is 5.75. The number of amides is 1. The van der Waals surface area contributed by atoms with Crippen molar-refractivity contribution in [1.82, 2.24) is 14.5 Å². The van der Waals surface area contributed by atoms with Crippen molar-refractivity contribution < 1.29 is 14.6 Å². The van der Waals surface area contributed by atoms with E-state index in [1.165, 1.54) is 11.2 Å². The predicted molar refractivity (Wildman–Crippen MR) is 75.1 cm³/mol. The summed E-state index contributed by atoms with van der Waals surface area (Å²) in [6.07, 6.45) is 0.253. The maximum Gasteiger partial charge on any atom is 0.410 e. The van der Waals surface area contributed by atoms with Gasteiger partial charge in [-0.05, 0) is 20.8 Å². The molecule has 1 fully saturated rings. The van der Waals surface area contributed by atoms with E-state index in [4.69, 9.17) is 27.9 Å². The van der Waals surface area contributed by atoms with Crippen LogP contribution in [0.15, 0.2) is 6.33 Å². The maximum atomic E-state index is 12.0. The first-order valence-electron chi connectivity index (χ1n) is 6.23. The van der Waals surface area contributed by atoms with Crippen molar-refractivity contribution in [2.24, 2.45) is 0 Å². The van der Waals surface area contributed by atoms with Crippen LogP contribution in [0.2, 0.25) is 10.3 Å². The normalized spacial score (nSPS) is 23.2. The monoisotopic (exact) mass is 321 g/mol. The van der Waals surface area contributed by atoms with Crippen molar-refractivity contribution in [3.05, 3.63) is 16.6 Å². The molecule has 2 rings (SSSR count). The highest BCUT2D eigenvalue weighted by Gasteiger charge is 2.38. The number of halogens is 2. The summed E-state index contributed by atoms with van der Waals surface area (Å²) >= 11 is 11.8. The molecule has 1 amide bonds. The van der Waals surface area contributed by atoms with Crippen LogP contribution in [-0.4, -0.2) is 50.4 Å². The summed E-state index contributed by atoms with van der Waals surface area (Å²) in [7, 11) is 0. The van der Waals surface area contributed by atoms with E-state index >= 15 is 0 Å². The Kier molecular flexibility index (Phi) is 4.18. The van der Waals surface area contributed by atoms with Gasteiger partial charge >= 0.3 is 6.09 Å². The van der Waals surface area contributed by atoms with Gasteiger partial charge in [0.15, 0.2) is 5.15 Å². The summed E-state index contributed by atoms with van der Waals surface area (Å²) in [5, 5.41) is 10.5. The minimum Gasteiger partial charge on any atom is -0.444 e. The van der Waals surface area contributed by atoms with Crippen LogP contribution in [0.4, 0.5) is 4.79 Å². The first-order valence-corrected chi connectivity index (χ1v) is 6.98. The number of aromatic nitrogens is 2. The van der Waals surface area contributed by atoms with Gasteiger partial charge in [0.25, 0.3) is 0 Å². The summed E-state index contributed by atoms with van der Waals surface area (Å²) in [4.78, 5) is 17.3. The van der Waals surface area contributed by atoms with Crippen LogP contribution < -0.4 is 0 Å². The zero-order valence-electron chi connectivity index (χ0n) is 11.5. The number of aliphatic hydroxyl groups excluding tert-OH is 1. The number of aliphatic hydroxyl groups is 1. The smallest absolute Gasteiger partial charge is 0.410 e. The number of hydrogen-bond donors (Lipinski definition) is 1. The van der Waals surface area contributed by atoms with Crippen molar-refractivity contribution in [3.63, 3.8) is 0 Å². The fourth-order valence-electron chi connectivity index (χ4n) is 2.07. The van der Waals surface area contributed by atoms with E-state index in [0.29, 0.717) is 6.54 Å². The van der Waals surface area contributed by atoms with E-state index in [-0.39, 0.29) is 22.9 Å². The Bertz CT molecular complexity index is 513. The number of nitrogens with zero attached hydrogens (tertiary/aromatic N) is 3. The van der Waals surface area contributed by atoms with Crippen LogP contribution in [0.5, 0.6) is 0 Å². The SMILES string of the molecule is CC(C)(C)OC(=O)N1CC(n2cnc(Cl)c2Cl)[C@H](O)C1. The molecular formula is C12H17Cl2N3O3. The molecule has 0 bridgehead atoms. The molecule has 0 spiro atoms. The summed E-state index contributed by atoms with van der Waals surface area (Å²) < 4.78 is 6.85. The Balaban J connectivity index is 2.09. The summed E-state index contributed by atoms with van der Waals surface area (Å²) in [5.74, 6) is 0. The third kappa shape index (κ3) is 3.19. The fourth-order valence-corrected chi connectivity index (χ4v) is 2.43. The van der Waals surface area contributed by atoms with Gasteiger partial charge in [-0.25, -0.2) is 9.78 Å². The molecule has 6 nitrogen and oxygen atoms in total. The molecule has 1 N–H and O–H groups in total. The first-order chi connectivity index (χ1) is 9.19. The van der Waals surface area contributed by atoms with E-state index in [2.05, 4.69) is 4.98 Å². The van der Waals surface area contributed by atoms with E-state index in [1.54, 1.807) is 25.3 Å². The van der Waals surface area contributed by atoms with Gasteiger partial charge in [-0.15, -0.1) is 0 Å². The number of carbonyl (C=O) groups is 1. The number of hydrogen-bond acceptors (Lipinski definition) is 4. The topological polar surface area (TPSA) is 67.6 Å². The molecule has 1 aliphatic rings. The van der Waals surface area contributed by atoms with Crippen LogP contribution in [-0.2, 0) is 4.74 Å².